The molecule has 0 saturated carbocycles. The van der Waals surface area contributed by atoms with Crippen molar-refractivity contribution >= 4 is 17.8 Å². The maximum atomic E-state index is 5.35. The van der Waals surface area contributed by atoms with Gasteiger partial charge in [0.2, 0.25) is 5.95 Å². The van der Waals surface area contributed by atoms with Crippen molar-refractivity contribution in [2.75, 3.05) is 31.0 Å². The minimum atomic E-state index is 0.386. The van der Waals surface area contributed by atoms with Crippen molar-refractivity contribution in [3.05, 3.63) is 41.6 Å². The zero-order valence-corrected chi connectivity index (χ0v) is 15.1. The van der Waals surface area contributed by atoms with Crippen molar-refractivity contribution < 1.29 is 9.47 Å². The van der Waals surface area contributed by atoms with Gasteiger partial charge in [-0.1, -0.05) is 18.2 Å². The maximum absolute atomic E-state index is 5.35. The van der Waals surface area contributed by atoms with E-state index in [-0.39, 0.29) is 0 Å². The summed E-state index contributed by atoms with van der Waals surface area (Å²) in [4.78, 5) is 11.4. The summed E-state index contributed by atoms with van der Waals surface area (Å²) in [6.45, 7) is 5.82. The molecule has 2 heterocycles. The fourth-order valence-corrected chi connectivity index (χ4v) is 2.82. The van der Waals surface area contributed by atoms with Crippen molar-refractivity contribution in [3.63, 3.8) is 0 Å². The fraction of sp³-hybridized carbons (Fsp3) is 0.368. The van der Waals surface area contributed by atoms with E-state index in [0.29, 0.717) is 24.3 Å². The summed E-state index contributed by atoms with van der Waals surface area (Å²) in [5.41, 5.74) is 2.12. The number of ether oxygens (including phenoxy) is 2. The highest BCUT2D eigenvalue weighted by atomic mass is 16.5. The highest BCUT2D eigenvalue weighted by Gasteiger charge is 2.18. The number of methoxy groups -OCH3 is 2. The van der Waals surface area contributed by atoms with Crippen LogP contribution < -0.4 is 19.7 Å². The second kappa shape index (κ2) is 7.42. The number of fused-ring (bicyclic) bond motifs is 1. The minimum absolute atomic E-state index is 0.386. The van der Waals surface area contributed by atoms with Crippen LogP contribution in [-0.4, -0.2) is 36.8 Å². The first kappa shape index (κ1) is 17.1. The van der Waals surface area contributed by atoms with Crippen LogP contribution >= 0.6 is 0 Å². The van der Waals surface area contributed by atoms with Gasteiger partial charge in [0.15, 0.2) is 11.5 Å². The number of rotatable bonds is 6. The topological polar surface area (TPSA) is 59.5 Å². The zero-order chi connectivity index (χ0) is 17.8. The summed E-state index contributed by atoms with van der Waals surface area (Å²) in [5.74, 6) is 3.02. The van der Waals surface area contributed by atoms with Gasteiger partial charge in [-0.05, 0) is 31.5 Å². The predicted octanol–water partition coefficient (Wildman–Crippen LogP) is 3.35. The molecule has 1 aliphatic heterocycles. The molecule has 0 amide bonds. The molecule has 6 heteroatoms. The first-order chi connectivity index (χ1) is 12.1. The SMILES string of the molecule is COc1ccc(CNc2ncc3c(n2)N(C(C)C)CC=C3)cc1OC. The van der Waals surface area contributed by atoms with Crippen LogP contribution in [0, 0.1) is 0 Å². The molecule has 1 aliphatic rings. The second-order valence-corrected chi connectivity index (χ2v) is 6.16. The van der Waals surface area contributed by atoms with Crippen LogP contribution in [0.2, 0.25) is 0 Å². The van der Waals surface area contributed by atoms with Crippen molar-refractivity contribution in [1.82, 2.24) is 9.97 Å². The Hall–Kier alpha value is -2.76. The third kappa shape index (κ3) is 3.68. The smallest absolute Gasteiger partial charge is 0.224 e. The molecule has 0 unspecified atom stereocenters. The van der Waals surface area contributed by atoms with Gasteiger partial charge in [0.1, 0.15) is 5.82 Å². The monoisotopic (exact) mass is 340 g/mol. The van der Waals surface area contributed by atoms with Crippen molar-refractivity contribution in [2.45, 2.75) is 26.4 Å². The van der Waals surface area contributed by atoms with Gasteiger partial charge in [-0.15, -0.1) is 0 Å². The van der Waals surface area contributed by atoms with E-state index < -0.39 is 0 Å². The van der Waals surface area contributed by atoms with Gasteiger partial charge in [-0.3, -0.25) is 0 Å². The van der Waals surface area contributed by atoms with Crippen molar-refractivity contribution in [1.29, 1.82) is 0 Å². The Morgan fingerprint density at radius 1 is 1.20 bits per heavy atom. The van der Waals surface area contributed by atoms with Crippen LogP contribution in [0.1, 0.15) is 25.0 Å². The maximum Gasteiger partial charge on any atom is 0.224 e. The number of aromatic nitrogens is 2. The summed E-state index contributed by atoms with van der Waals surface area (Å²) >= 11 is 0. The first-order valence-corrected chi connectivity index (χ1v) is 8.37. The largest absolute Gasteiger partial charge is 0.493 e. The molecule has 0 radical (unpaired) electrons. The Morgan fingerprint density at radius 2 is 2.00 bits per heavy atom. The normalized spacial score (nSPS) is 12.9. The second-order valence-electron chi connectivity index (χ2n) is 6.16. The van der Waals surface area contributed by atoms with Gasteiger partial charge in [0, 0.05) is 30.9 Å². The highest BCUT2D eigenvalue weighted by molar-refractivity contribution is 5.68. The molecule has 1 aromatic heterocycles. The van der Waals surface area contributed by atoms with E-state index in [4.69, 9.17) is 14.5 Å². The molecule has 1 aromatic carbocycles. The summed E-state index contributed by atoms with van der Waals surface area (Å²) in [6.07, 6.45) is 6.08. The number of hydrogen-bond acceptors (Lipinski definition) is 6. The van der Waals surface area contributed by atoms with Gasteiger partial charge >= 0.3 is 0 Å². The van der Waals surface area contributed by atoms with E-state index in [2.05, 4.69) is 41.2 Å². The van der Waals surface area contributed by atoms with E-state index in [1.165, 1.54) is 0 Å². The molecule has 132 valence electrons. The van der Waals surface area contributed by atoms with Gasteiger partial charge in [0.25, 0.3) is 0 Å². The molecule has 6 nitrogen and oxygen atoms in total. The Bertz CT molecular complexity index is 774. The Labute approximate surface area is 148 Å². The molecule has 25 heavy (non-hydrogen) atoms. The first-order valence-electron chi connectivity index (χ1n) is 8.37. The van der Waals surface area contributed by atoms with Crippen LogP contribution in [0.3, 0.4) is 0 Å². The Morgan fingerprint density at radius 3 is 2.72 bits per heavy atom. The Kier molecular flexibility index (Phi) is 5.07. The van der Waals surface area contributed by atoms with Crippen LogP contribution in [0.15, 0.2) is 30.5 Å². The fourth-order valence-electron chi connectivity index (χ4n) is 2.82. The molecule has 1 N–H and O–H groups in total. The number of benzene rings is 1. The summed E-state index contributed by atoms with van der Waals surface area (Å²) in [6, 6.07) is 6.23. The molecule has 0 fully saturated rings. The average Bonchev–Trinajstić information content (AvgIpc) is 2.65. The third-order valence-electron chi connectivity index (χ3n) is 4.19. The lowest BCUT2D eigenvalue weighted by molar-refractivity contribution is 0.354. The summed E-state index contributed by atoms with van der Waals surface area (Å²) < 4.78 is 10.6. The lowest BCUT2D eigenvalue weighted by Crippen LogP contribution is -2.34. The molecule has 2 aromatic rings. The van der Waals surface area contributed by atoms with Crippen LogP contribution in [0.4, 0.5) is 11.8 Å². The molecule has 0 aliphatic carbocycles. The molecule has 0 bridgehead atoms. The van der Waals surface area contributed by atoms with Crippen molar-refractivity contribution in [2.24, 2.45) is 0 Å². The average molecular weight is 340 g/mol. The van der Waals surface area contributed by atoms with Crippen LogP contribution in [0.5, 0.6) is 11.5 Å². The van der Waals surface area contributed by atoms with Crippen LogP contribution in [-0.2, 0) is 6.54 Å². The number of hydrogen-bond donors (Lipinski definition) is 1. The molecular formula is C19H24N4O2. The van der Waals surface area contributed by atoms with E-state index >= 15 is 0 Å². The quantitative estimate of drug-likeness (QED) is 0.870. The zero-order valence-electron chi connectivity index (χ0n) is 15.1. The third-order valence-corrected chi connectivity index (χ3v) is 4.19. The summed E-state index contributed by atoms with van der Waals surface area (Å²) in [7, 11) is 3.27. The predicted molar refractivity (Wildman–Crippen MR) is 100 cm³/mol. The minimum Gasteiger partial charge on any atom is -0.493 e. The Balaban J connectivity index is 1.76. The standard InChI is InChI=1S/C19H24N4O2/c1-13(2)23-9-5-6-15-12-21-19(22-18(15)23)20-11-14-7-8-16(24-3)17(10-14)25-4/h5-8,10,12-13H,9,11H2,1-4H3,(H,20,21,22). The van der Waals surface area contributed by atoms with Gasteiger partial charge in [0.05, 0.1) is 14.2 Å². The van der Waals surface area contributed by atoms with E-state index in [1.54, 1.807) is 14.2 Å². The van der Waals surface area contributed by atoms with Crippen LogP contribution in [0.25, 0.3) is 6.08 Å². The van der Waals surface area contributed by atoms with Gasteiger partial charge < -0.3 is 19.7 Å². The number of nitrogens with one attached hydrogen (secondary N) is 1. The molecule has 3 rings (SSSR count). The molecule has 0 saturated heterocycles. The molecule has 0 atom stereocenters. The molecule has 0 spiro atoms. The van der Waals surface area contributed by atoms with Gasteiger partial charge in [-0.25, -0.2) is 4.98 Å². The van der Waals surface area contributed by atoms with Gasteiger partial charge in [-0.2, -0.15) is 4.98 Å². The van der Waals surface area contributed by atoms with E-state index in [9.17, 15) is 0 Å². The van der Waals surface area contributed by atoms with E-state index in [0.717, 1.165) is 29.2 Å². The lowest BCUT2D eigenvalue weighted by Gasteiger charge is -2.30. The van der Waals surface area contributed by atoms with E-state index in [1.807, 2.05) is 24.4 Å². The van der Waals surface area contributed by atoms with Crippen molar-refractivity contribution in [3.8, 4) is 11.5 Å². The number of nitrogens with zero attached hydrogens (tertiary/aromatic N) is 3. The molecular weight excluding hydrogens is 316 g/mol. The summed E-state index contributed by atoms with van der Waals surface area (Å²) in [5, 5.41) is 3.29. The lowest BCUT2D eigenvalue weighted by atomic mass is 10.1. The highest BCUT2D eigenvalue weighted by Crippen LogP contribution is 2.28. The number of anilines is 2.